The second kappa shape index (κ2) is 1.96. The molecule has 1 aliphatic rings. The molecular weight excluding hydrogens is 116 g/mol. The largest absolute Gasteiger partial charge is 0.390 e. The molecule has 1 rings (SSSR count). The highest BCUT2D eigenvalue weighted by Gasteiger charge is 2.36. The van der Waals surface area contributed by atoms with Crippen LogP contribution < -0.4 is 0 Å². The standard InChI is InChI=1S/C7H14O2/c1-7(2)3-5(8)6(9)4-7/h5-6,8-9H,3-4H2,1-2H3/t5-,6-/m1/s1. The Hall–Kier alpha value is -0.0800. The fraction of sp³-hybridized carbons (Fsp3) is 1.00. The molecular formula is C7H14O2. The highest BCUT2D eigenvalue weighted by molar-refractivity contribution is 4.88. The lowest BCUT2D eigenvalue weighted by Gasteiger charge is -2.14. The maximum absolute atomic E-state index is 9.08. The van der Waals surface area contributed by atoms with Crippen LogP contribution in [0.1, 0.15) is 26.7 Å². The molecule has 0 spiro atoms. The van der Waals surface area contributed by atoms with Crippen LogP contribution in [-0.4, -0.2) is 22.4 Å². The zero-order chi connectivity index (χ0) is 7.07. The zero-order valence-corrected chi connectivity index (χ0v) is 5.96. The van der Waals surface area contributed by atoms with Crippen molar-refractivity contribution in [2.24, 2.45) is 5.41 Å². The molecule has 0 unspecified atom stereocenters. The van der Waals surface area contributed by atoms with E-state index in [0.29, 0.717) is 0 Å². The maximum atomic E-state index is 9.08. The van der Waals surface area contributed by atoms with Crippen LogP contribution >= 0.6 is 0 Å². The van der Waals surface area contributed by atoms with Crippen LogP contribution in [0.5, 0.6) is 0 Å². The van der Waals surface area contributed by atoms with Crippen molar-refractivity contribution in [1.29, 1.82) is 0 Å². The minimum atomic E-state index is -0.486. The number of aliphatic hydroxyl groups is 2. The summed E-state index contributed by atoms with van der Waals surface area (Å²) in [4.78, 5) is 0. The summed E-state index contributed by atoms with van der Waals surface area (Å²) in [6, 6.07) is 0. The van der Waals surface area contributed by atoms with Gasteiger partial charge in [-0.15, -0.1) is 0 Å². The number of rotatable bonds is 0. The van der Waals surface area contributed by atoms with Gasteiger partial charge in [-0.05, 0) is 18.3 Å². The van der Waals surface area contributed by atoms with E-state index in [1.54, 1.807) is 0 Å². The molecule has 54 valence electrons. The van der Waals surface area contributed by atoms with Crippen LogP contribution in [0.4, 0.5) is 0 Å². The van der Waals surface area contributed by atoms with E-state index in [9.17, 15) is 0 Å². The Morgan fingerprint density at radius 3 is 1.56 bits per heavy atom. The molecule has 0 bridgehead atoms. The molecule has 2 N–H and O–H groups in total. The van der Waals surface area contributed by atoms with Gasteiger partial charge in [-0.2, -0.15) is 0 Å². The third kappa shape index (κ3) is 1.43. The van der Waals surface area contributed by atoms with Gasteiger partial charge in [0.25, 0.3) is 0 Å². The Bertz CT molecular complexity index is 97.5. The van der Waals surface area contributed by atoms with Gasteiger partial charge in [-0.3, -0.25) is 0 Å². The predicted molar refractivity (Wildman–Crippen MR) is 35.0 cm³/mol. The number of hydrogen-bond acceptors (Lipinski definition) is 2. The molecule has 2 nitrogen and oxygen atoms in total. The fourth-order valence-corrected chi connectivity index (χ4v) is 1.49. The summed E-state index contributed by atoms with van der Waals surface area (Å²) in [6.07, 6.45) is 0.488. The van der Waals surface area contributed by atoms with Crippen LogP contribution in [-0.2, 0) is 0 Å². The number of hydrogen-bond donors (Lipinski definition) is 2. The van der Waals surface area contributed by atoms with E-state index < -0.39 is 12.2 Å². The van der Waals surface area contributed by atoms with E-state index in [1.807, 2.05) is 0 Å². The second-order valence-corrected chi connectivity index (χ2v) is 3.71. The Morgan fingerprint density at radius 1 is 1.11 bits per heavy atom. The molecule has 0 aromatic rings. The molecule has 9 heavy (non-hydrogen) atoms. The molecule has 0 heterocycles. The Kier molecular flexibility index (Phi) is 1.53. The molecule has 0 saturated heterocycles. The molecule has 0 aromatic heterocycles. The van der Waals surface area contributed by atoms with Gasteiger partial charge in [0.2, 0.25) is 0 Å². The summed E-state index contributed by atoms with van der Waals surface area (Å²) in [5.41, 5.74) is 0.138. The lowest BCUT2D eigenvalue weighted by atomic mass is 9.92. The van der Waals surface area contributed by atoms with Crippen LogP contribution in [0.2, 0.25) is 0 Å². The van der Waals surface area contributed by atoms with Crippen molar-refractivity contribution in [3.63, 3.8) is 0 Å². The molecule has 0 amide bonds. The average molecular weight is 130 g/mol. The lowest BCUT2D eigenvalue weighted by molar-refractivity contribution is 0.0438. The van der Waals surface area contributed by atoms with Crippen molar-refractivity contribution in [3.05, 3.63) is 0 Å². The lowest BCUT2D eigenvalue weighted by Crippen LogP contribution is -2.17. The van der Waals surface area contributed by atoms with E-state index in [-0.39, 0.29) is 5.41 Å². The van der Waals surface area contributed by atoms with E-state index in [0.717, 1.165) is 12.8 Å². The summed E-state index contributed by atoms with van der Waals surface area (Å²) in [6.45, 7) is 4.12. The summed E-state index contributed by atoms with van der Waals surface area (Å²) < 4.78 is 0. The van der Waals surface area contributed by atoms with Crippen molar-refractivity contribution in [1.82, 2.24) is 0 Å². The molecule has 0 radical (unpaired) electrons. The Morgan fingerprint density at radius 2 is 1.44 bits per heavy atom. The van der Waals surface area contributed by atoms with Crippen molar-refractivity contribution < 1.29 is 10.2 Å². The van der Waals surface area contributed by atoms with Crippen LogP contribution in [0.3, 0.4) is 0 Å². The molecule has 0 aromatic carbocycles. The third-order valence-electron chi connectivity index (χ3n) is 1.97. The highest BCUT2D eigenvalue weighted by Crippen LogP contribution is 2.36. The molecule has 2 atom stereocenters. The van der Waals surface area contributed by atoms with Crippen molar-refractivity contribution >= 4 is 0 Å². The third-order valence-corrected chi connectivity index (χ3v) is 1.97. The van der Waals surface area contributed by atoms with E-state index in [1.165, 1.54) is 0 Å². The summed E-state index contributed by atoms with van der Waals surface area (Å²) in [5, 5.41) is 18.2. The van der Waals surface area contributed by atoms with Gasteiger partial charge < -0.3 is 10.2 Å². The average Bonchev–Trinajstić information content (AvgIpc) is 1.79. The zero-order valence-electron chi connectivity index (χ0n) is 5.96. The summed E-state index contributed by atoms with van der Waals surface area (Å²) in [5.74, 6) is 0. The minimum absolute atomic E-state index is 0.138. The first kappa shape index (κ1) is 7.03. The maximum Gasteiger partial charge on any atom is 0.0804 e. The summed E-state index contributed by atoms with van der Waals surface area (Å²) >= 11 is 0. The topological polar surface area (TPSA) is 40.5 Å². The monoisotopic (exact) mass is 130 g/mol. The number of aliphatic hydroxyl groups excluding tert-OH is 2. The fourth-order valence-electron chi connectivity index (χ4n) is 1.49. The van der Waals surface area contributed by atoms with Gasteiger partial charge in [0.05, 0.1) is 12.2 Å². The molecule has 1 saturated carbocycles. The quantitative estimate of drug-likeness (QED) is 0.502. The van der Waals surface area contributed by atoms with E-state index in [4.69, 9.17) is 10.2 Å². The Balaban J connectivity index is 2.54. The van der Waals surface area contributed by atoms with Gasteiger partial charge in [-0.1, -0.05) is 13.8 Å². The summed E-state index contributed by atoms with van der Waals surface area (Å²) in [7, 11) is 0. The van der Waals surface area contributed by atoms with Crippen molar-refractivity contribution in [3.8, 4) is 0 Å². The highest BCUT2D eigenvalue weighted by atomic mass is 16.3. The van der Waals surface area contributed by atoms with E-state index in [2.05, 4.69) is 13.8 Å². The SMILES string of the molecule is CC1(C)C[C@@H](O)[C@H](O)C1. The normalized spacial score (nSPS) is 41.3. The van der Waals surface area contributed by atoms with Gasteiger partial charge in [-0.25, -0.2) is 0 Å². The van der Waals surface area contributed by atoms with Crippen molar-refractivity contribution in [2.45, 2.75) is 38.9 Å². The first-order chi connectivity index (χ1) is 4.01. The minimum Gasteiger partial charge on any atom is -0.390 e. The Labute approximate surface area is 55.5 Å². The van der Waals surface area contributed by atoms with Gasteiger partial charge in [0, 0.05) is 0 Å². The molecule has 0 aliphatic heterocycles. The smallest absolute Gasteiger partial charge is 0.0804 e. The first-order valence-corrected chi connectivity index (χ1v) is 3.37. The van der Waals surface area contributed by atoms with E-state index >= 15 is 0 Å². The van der Waals surface area contributed by atoms with Gasteiger partial charge in [0.1, 0.15) is 0 Å². The van der Waals surface area contributed by atoms with Crippen LogP contribution in [0.15, 0.2) is 0 Å². The predicted octanol–water partition coefficient (Wildman–Crippen LogP) is 0.528. The van der Waals surface area contributed by atoms with Crippen molar-refractivity contribution in [2.75, 3.05) is 0 Å². The molecule has 1 fully saturated rings. The second-order valence-electron chi connectivity index (χ2n) is 3.71. The van der Waals surface area contributed by atoms with Crippen LogP contribution in [0, 0.1) is 5.41 Å². The molecule has 2 heteroatoms. The molecule has 1 aliphatic carbocycles. The van der Waals surface area contributed by atoms with Gasteiger partial charge >= 0.3 is 0 Å². The first-order valence-electron chi connectivity index (χ1n) is 3.37. The van der Waals surface area contributed by atoms with Crippen LogP contribution in [0.25, 0.3) is 0 Å². The van der Waals surface area contributed by atoms with Gasteiger partial charge in [0.15, 0.2) is 0 Å².